The molecule has 2 aromatic rings. The van der Waals surface area contributed by atoms with Crippen molar-refractivity contribution < 1.29 is 22.7 Å². The summed E-state index contributed by atoms with van der Waals surface area (Å²) in [5, 5.41) is 0.441. The number of oxazole rings is 1. The molecule has 0 atom stereocenters. The summed E-state index contributed by atoms with van der Waals surface area (Å²) in [5.41, 5.74) is 1.21. The first-order valence-electron chi connectivity index (χ1n) is 6.10. The maximum atomic E-state index is 12.0. The van der Waals surface area contributed by atoms with Gasteiger partial charge in [0.15, 0.2) is 5.78 Å². The van der Waals surface area contributed by atoms with Gasteiger partial charge in [-0.1, -0.05) is 11.8 Å². The van der Waals surface area contributed by atoms with Crippen molar-refractivity contribution in [1.82, 2.24) is 4.98 Å². The largest absolute Gasteiger partial charge is 0.437 e. The van der Waals surface area contributed by atoms with Gasteiger partial charge in [-0.2, -0.15) is 8.78 Å². The van der Waals surface area contributed by atoms with Crippen molar-refractivity contribution in [3.63, 3.8) is 0 Å². The summed E-state index contributed by atoms with van der Waals surface area (Å²) in [5.74, 6) is 0.762. The molecule has 0 amide bonds. The zero-order valence-electron chi connectivity index (χ0n) is 11.4. The zero-order chi connectivity index (χ0) is 15.4. The predicted molar refractivity (Wildman–Crippen MR) is 74.1 cm³/mol. The van der Waals surface area contributed by atoms with Crippen molar-refractivity contribution in [3.8, 4) is 5.75 Å². The van der Waals surface area contributed by atoms with Crippen LogP contribution in [0.15, 0.2) is 33.9 Å². The van der Waals surface area contributed by atoms with Gasteiger partial charge in [0.05, 0.1) is 11.4 Å². The first kappa shape index (κ1) is 15.5. The van der Waals surface area contributed by atoms with Crippen LogP contribution in [0, 0.1) is 13.8 Å². The lowest BCUT2D eigenvalue weighted by molar-refractivity contribution is -0.0498. The molecule has 1 aromatic carbocycles. The molecular weight excluding hydrogens is 300 g/mol. The van der Waals surface area contributed by atoms with E-state index in [1.54, 1.807) is 6.92 Å². The van der Waals surface area contributed by atoms with E-state index in [2.05, 4.69) is 9.72 Å². The van der Waals surface area contributed by atoms with E-state index in [0.29, 0.717) is 10.8 Å². The molecule has 0 saturated carbocycles. The lowest BCUT2D eigenvalue weighted by Crippen LogP contribution is -2.04. The number of nitrogens with zero attached hydrogens (tertiary/aromatic N) is 1. The van der Waals surface area contributed by atoms with Gasteiger partial charge < -0.3 is 9.15 Å². The van der Waals surface area contributed by atoms with E-state index in [1.165, 1.54) is 36.0 Å². The van der Waals surface area contributed by atoms with Crippen LogP contribution in [0.1, 0.15) is 21.8 Å². The third kappa shape index (κ3) is 4.29. The molecule has 1 aromatic heterocycles. The summed E-state index contributed by atoms with van der Waals surface area (Å²) in [6, 6.07) is 5.58. The van der Waals surface area contributed by atoms with Crippen molar-refractivity contribution in [3.05, 3.63) is 41.3 Å². The van der Waals surface area contributed by atoms with Crippen LogP contribution in [0.2, 0.25) is 0 Å². The summed E-state index contributed by atoms with van der Waals surface area (Å²) in [4.78, 5) is 16.1. The number of alkyl halides is 2. The van der Waals surface area contributed by atoms with Crippen LogP contribution in [0.3, 0.4) is 0 Å². The predicted octanol–water partition coefficient (Wildman–Crippen LogP) is 3.87. The molecule has 0 N–H and O–H groups in total. The summed E-state index contributed by atoms with van der Waals surface area (Å²) in [6.45, 7) is 0.751. The van der Waals surface area contributed by atoms with Gasteiger partial charge in [-0.25, -0.2) is 4.98 Å². The van der Waals surface area contributed by atoms with Crippen LogP contribution < -0.4 is 4.74 Å². The Morgan fingerprint density at radius 3 is 2.52 bits per heavy atom. The number of hydrogen-bond acceptors (Lipinski definition) is 5. The van der Waals surface area contributed by atoms with Crippen molar-refractivity contribution in [2.75, 3.05) is 5.75 Å². The number of rotatable bonds is 6. The van der Waals surface area contributed by atoms with E-state index in [9.17, 15) is 13.6 Å². The number of ketones is 1. The first-order chi connectivity index (χ1) is 9.95. The molecule has 0 bridgehead atoms. The Kier molecular flexibility index (Phi) is 4.95. The Morgan fingerprint density at radius 2 is 2.00 bits per heavy atom. The summed E-state index contributed by atoms with van der Waals surface area (Å²) in [6.07, 6.45) is 0. The highest BCUT2D eigenvalue weighted by Gasteiger charge is 2.12. The Labute approximate surface area is 124 Å². The van der Waals surface area contributed by atoms with Gasteiger partial charge in [0.2, 0.25) is 0 Å². The molecule has 1 heterocycles. The third-order valence-corrected chi connectivity index (χ3v) is 3.57. The Bertz CT molecular complexity index is 606. The molecule has 7 heteroatoms. The SMILES string of the molecule is Cc1nc(SCC(=O)c2ccc(OC(F)F)cc2)oc1C. The van der Waals surface area contributed by atoms with E-state index >= 15 is 0 Å². The Hall–Kier alpha value is -1.89. The number of benzene rings is 1. The second-order valence-corrected chi connectivity index (χ2v) is 5.16. The number of halogens is 2. The molecule has 112 valence electrons. The molecule has 0 aliphatic carbocycles. The fraction of sp³-hybridized carbons (Fsp3) is 0.286. The number of ether oxygens (including phenoxy) is 1. The number of thioether (sulfide) groups is 1. The number of Topliss-reactive ketones (excluding diaryl/α,β-unsaturated/α-hetero) is 1. The van der Waals surface area contributed by atoms with Crippen molar-refractivity contribution in [2.45, 2.75) is 25.7 Å². The molecule has 0 aliphatic rings. The van der Waals surface area contributed by atoms with E-state index in [0.717, 1.165) is 11.5 Å². The molecule has 0 radical (unpaired) electrons. The van der Waals surface area contributed by atoms with Crippen LogP contribution in [0.25, 0.3) is 0 Å². The number of carbonyl (C=O) groups excluding carboxylic acids is 1. The molecule has 0 saturated heterocycles. The summed E-state index contributed by atoms with van der Waals surface area (Å²) in [7, 11) is 0. The maximum Gasteiger partial charge on any atom is 0.387 e. The molecule has 21 heavy (non-hydrogen) atoms. The molecule has 0 aliphatic heterocycles. The average molecular weight is 313 g/mol. The highest BCUT2D eigenvalue weighted by Crippen LogP contribution is 2.22. The van der Waals surface area contributed by atoms with Crippen LogP contribution in [0.4, 0.5) is 8.78 Å². The molecule has 2 rings (SSSR count). The normalized spacial score (nSPS) is 10.9. The van der Waals surface area contributed by atoms with Crippen molar-refractivity contribution >= 4 is 17.5 Å². The van der Waals surface area contributed by atoms with Crippen LogP contribution in [-0.2, 0) is 0 Å². The fourth-order valence-corrected chi connectivity index (χ4v) is 2.34. The standard InChI is InChI=1S/C14H13F2NO3S/c1-8-9(2)19-14(17-8)21-7-12(18)10-3-5-11(6-4-10)20-13(15)16/h3-6,13H,7H2,1-2H3. The summed E-state index contributed by atoms with van der Waals surface area (Å²) >= 11 is 1.19. The fourth-order valence-electron chi connectivity index (χ4n) is 1.54. The van der Waals surface area contributed by atoms with E-state index < -0.39 is 6.61 Å². The molecule has 0 unspecified atom stereocenters. The second kappa shape index (κ2) is 6.71. The minimum absolute atomic E-state index is 0.0214. The van der Waals surface area contributed by atoms with Gasteiger partial charge in [0.25, 0.3) is 5.22 Å². The topological polar surface area (TPSA) is 52.3 Å². The lowest BCUT2D eigenvalue weighted by Gasteiger charge is -2.04. The number of aryl methyl sites for hydroxylation is 2. The average Bonchev–Trinajstić information content (AvgIpc) is 2.75. The van der Waals surface area contributed by atoms with Crippen LogP contribution in [0.5, 0.6) is 5.75 Å². The molecule has 0 fully saturated rings. The molecule has 0 spiro atoms. The Balaban J connectivity index is 1.93. The smallest absolute Gasteiger partial charge is 0.387 e. The van der Waals surface area contributed by atoms with Gasteiger partial charge in [-0.05, 0) is 38.1 Å². The lowest BCUT2D eigenvalue weighted by atomic mass is 10.1. The minimum atomic E-state index is -2.88. The van der Waals surface area contributed by atoms with Crippen LogP contribution in [-0.4, -0.2) is 23.1 Å². The van der Waals surface area contributed by atoms with Crippen molar-refractivity contribution in [2.24, 2.45) is 0 Å². The highest BCUT2D eigenvalue weighted by atomic mass is 32.2. The summed E-state index contributed by atoms with van der Waals surface area (Å²) < 4.78 is 33.6. The minimum Gasteiger partial charge on any atom is -0.437 e. The molecular formula is C14H13F2NO3S. The van der Waals surface area contributed by atoms with Gasteiger partial charge in [0.1, 0.15) is 11.5 Å². The quantitative estimate of drug-likeness (QED) is 0.598. The van der Waals surface area contributed by atoms with Crippen LogP contribution >= 0.6 is 11.8 Å². The number of aromatic nitrogens is 1. The van der Waals surface area contributed by atoms with Gasteiger partial charge in [0, 0.05) is 5.56 Å². The van der Waals surface area contributed by atoms with E-state index in [4.69, 9.17) is 4.42 Å². The van der Waals surface area contributed by atoms with E-state index in [-0.39, 0.29) is 17.3 Å². The number of carbonyl (C=O) groups is 1. The molecule has 4 nitrogen and oxygen atoms in total. The third-order valence-electron chi connectivity index (χ3n) is 2.74. The zero-order valence-corrected chi connectivity index (χ0v) is 12.2. The number of hydrogen-bond donors (Lipinski definition) is 0. The van der Waals surface area contributed by atoms with E-state index in [1.807, 2.05) is 6.92 Å². The van der Waals surface area contributed by atoms with Crippen molar-refractivity contribution in [1.29, 1.82) is 0 Å². The van der Waals surface area contributed by atoms with Gasteiger partial charge in [-0.15, -0.1) is 0 Å². The second-order valence-electron chi connectivity index (χ2n) is 4.24. The monoisotopic (exact) mass is 313 g/mol. The Morgan fingerprint density at radius 1 is 1.33 bits per heavy atom. The van der Waals surface area contributed by atoms with Gasteiger partial charge in [-0.3, -0.25) is 4.79 Å². The highest BCUT2D eigenvalue weighted by molar-refractivity contribution is 7.99. The first-order valence-corrected chi connectivity index (χ1v) is 7.09. The maximum absolute atomic E-state index is 12.0. The van der Waals surface area contributed by atoms with Gasteiger partial charge >= 0.3 is 6.61 Å².